The molecule has 2 heterocycles. The number of carbonyl (C=O) groups is 1. The fraction of sp³-hybridized carbons (Fsp3) is 0.325. The van der Waals surface area contributed by atoms with Crippen LogP contribution in [0.15, 0.2) is 91.0 Å². The van der Waals surface area contributed by atoms with Crippen molar-refractivity contribution in [3.63, 3.8) is 0 Å². The minimum Gasteiger partial charge on any atom is -0.492 e. The van der Waals surface area contributed by atoms with Crippen LogP contribution in [0.2, 0.25) is 0 Å². The van der Waals surface area contributed by atoms with E-state index in [1.54, 1.807) is 0 Å². The molecular formula is C40H44N2O3S. The molecule has 1 aromatic heterocycles. The van der Waals surface area contributed by atoms with Crippen molar-refractivity contribution in [2.45, 2.75) is 45.6 Å². The van der Waals surface area contributed by atoms with Crippen LogP contribution in [0.5, 0.6) is 5.75 Å². The van der Waals surface area contributed by atoms with Crippen molar-refractivity contribution in [2.75, 3.05) is 39.9 Å². The van der Waals surface area contributed by atoms with Gasteiger partial charge in [0.15, 0.2) is 0 Å². The average Bonchev–Trinajstić information content (AvgIpc) is 3.73. The lowest BCUT2D eigenvalue weighted by Crippen LogP contribution is -2.25. The summed E-state index contributed by atoms with van der Waals surface area (Å²) in [6, 6.07) is 32.1. The topological polar surface area (TPSA) is 50.8 Å². The minimum absolute atomic E-state index is 0.305. The summed E-state index contributed by atoms with van der Waals surface area (Å²) in [5.41, 5.74) is 8.48. The number of hydrogen-bond donors (Lipinski definition) is 1. The molecule has 5 nitrogen and oxygen atoms in total. The molecule has 1 saturated heterocycles. The molecule has 0 atom stereocenters. The van der Waals surface area contributed by atoms with Crippen molar-refractivity contribution in [3.8, 4) is 5.75 Å². The van der Waals surface area contributed by atoms with Gasteiger partial charge >= 0.3 is 5.97 Å². The maximum Gasteiger partial charge on any atom is 0.337 e. The molecule has 1 aliphatic rings. The Bertz CT molecular complexity index is 1740. The average molecular weight is 633 g/mol. The second-order valence-electron chi connectivity index (χ2n) is 12.3. The summed E-state index contributed by atoms with van der Waals surface area (Å²) in [6.45, 7) is 8.05. The van der Waals surface area contributed by atoms with Gasteiger partial charge in [0.05, 0.1) is 12.7 Å². The van der Waals surface area contributed by atoms with Crippen LogP contribution in [0.1, 0.15) is 61.5 Å². The van der Waals surface area contributed by atoms with E-state index in [1.165, 1.54) is 75.8 Å². The van der Waals surface area contributed by atoms with Crippen LogP contribution >= 0.6 is 11.3 Å². The Balaban J connectivity index is 1.05. The number of esters is 1. The lowest BCUT2D eigenvalue weighted by atomic mass is 9.96. The summed E-state index contributed by atoms with van der Waals surface area (Å²) in [5, 5.41) is 4.89. The Morgan fingerprint density at radius 3 is 2.37 bits per heavy atom. The molecule has 6 heteroatoms. The normalized spacial score (nSPS) is 13.3. The Kier molecular flexibility index (Phi) is 10.8. The van der Waals surface area contributed by atoms with Gasteiger partial charge in [-0.2, -0.15) is 0 Å². The second-order valence-corrected chi connectivity index (χ2v) is 13.4. The third-order valence-electron chi connectivity index (χ3n) is 9.02. The number of aryl methyl sites for hydroxylation is 1. The van der Waals surface area contributed by atoms with Crippen molar-refractivity contribution >= 4 is 27.4 Å². The van der Waals surface area contributed by atoms with E-state index in [0.717, 1.165) is 56.8 Å². The van der Waals surface area contributed by atoms with E-state index in [9.17, 15) is 4.79 Å². The third-order valence-corrected chi connectivity index (χ3v) is 10.2. The molecule has 0 amide bonds. The van der Waals surface area contributed by atoms with Gasteiger partial charge in [-0.05, 0) is 121 Å². The predicted octanol–water partition coefficient (Wildman–Crippen LogP) is 7.98. The molecule has 0 saturated carbocycles. The van der Waals surface area contributed by atoms with Crippen LogP contribution in [0.4, 0.5) is 0 Å². The first-order valence-electron chi connectivity index (χ1n) is 16.5. The lowest BCUT2D eigenvalue weighted by Gasteiger charge is -2.16. The highest BCUT2D eigenvalue weighted by Crippen LogP contribution is 2.35. The SMILES string of the molecule is COC(=O)c1ccc(CNCCc2ccc(Cc3sc4ccccc4c3Cc3ccc(OCCN4CCCC4)cc3C)cc2)cc1. The van der Waals surface area contributed by atoms with Crippen molar-refractivity contribution in [1.29, 1.82) is 0 Å². The maximum atomic E-state index is 11.6. The molecule has 1 N–H and O–H groups in total. The van der Waals surface area contributed by atoms with E-state index in [0.29, 0.717) is 5.56 Å². The predicted molar refractivity (Wildman–Crippen MR) is 189 cm³/mol. The van der Waals surface area contributed by atoms with Crippen LogP contribution in [-0.2, 0) is 30.5 Å². The monoisotopic (exact) mass is 632 g/mol. The Morgan fingerprint density at radius 2 is 1.61 bits per heavy atom. The zero-order chi connectivity index (χ0) is 31.7. The Hall–Kier alpha value is -3.97. The molecule has 5 aromatic rings. The van der Waals surface area contributed by atoms with E-state index >= 15 is 0 Å². The highest BCUT2D eigenvalue weighted by Gasteiger charge is 2.15. The van der Waals surface area contributed by atoms with Gasteiger partial charge in [0.25, 0.3) is 0 Å². The number of methoxy groups -OCH3 is 1. The smallest absolute Gasteiger partial charge is 0.337 e. The zero-order valence-electron chi connectivity index (χ0n) is 27.0. The van der Waals surface area contributed by atoms with Crippen molar-refractivity contribution in [3.05, 3.63) is 135 Å². The number of fused-ring (bicyclic) bond motifs is 1. The molecule has 46 heavy (non-hydrogen) atoms. The van der Waals surface area contributed by atoms with E-state index in [2.05, 4.69) is 83.9 Å². The fourth-order valence-corrected chi connectivity index (χ4v) is 7.54. The van der Waals surface area contributed by atoms with E-state index in [1.807, 2.05) is 35.6 Å². The zero-order valence-corrected chi connectivity index (χ0v) is 27.8. The molecule has 0 radical (unpaired) electrons. The number of hydrogen-bond acceptors (Lipinski definition) is 6. The number of nitrogens with zero attached hydrogens (tertiary/aromatic N) is 1. The number of likely N-dealkylation sites (tertiary alicyclic amines) is 1. The van der Waals surface area contributed by atoms with Gasteiger partial charge in [-0.3, -0.25) is 4.90 Å². The summed E-state index contributed by atoms with van der Waals surface area (Å²) in [5.74, 6) is 0.668. The van der Waals surface area contributed by atoms with Gasteiger partial charge < -0.3 is 14.8 Å². The first-order chi connectivity index (χ1) is 22.6. The molecule has 0 unspecified atom stereocenters. The summed E-state index contributed by atoms with van der Waals surface area (Å²) in [7, 11) is 1.40. The van der Waals surface area contributed by atoms with Crippen LogP contribution in [0, 0.1) is 6.92 Å². The number of benzene rings is 4. The van der Waals surface area contributed by atoms with Crippen LogP contribution < -0.4 is 10.1 Å². The largest absolute Gasteiger partial charge is 0.492 e. The first kappa shape index (κ1) is 32.0. The molecule has 1 aliphatic heterocycles. The molecule has 0 spiro atoms. The van der Waals surface area contributed by atoms with Crippen LogP contribution in [-0.4, -0.2) is 50.8 Å². The van der Waals surface area contributed by atoms with Gasteiger partial charge in [0.1, 0.15) is 12.4 Å². The van der Waals surface area contributed by atoms with Crippen molar-refractivity contribution in [2.24, 2.45) is 0 Å². The number of rotatable bonds is 14. The molecule has 0 bridgehead atoms. The summed E-state index contributed by atoms with van der Waals surface area (Å²) in [6.07, 6.45) is 5.46. The molecule has 4 aromatic carbocycles. The van der Waals surface area contributed by atoms with E-state index < -0.39 is 0 Å². The maximum absolute atomic E-state index is 11.6. The number of thiophene rings is 1. The molecule has 238 valence electrons. The fourth-order valence-electron chi connectivity index (χ4n) is 6.28. The number of nitrogens with one attached hydrogen (secondary N) is 1. The summed E-state index contributed by atoms with van der Waals surface area (Å²) in [4.78, 5) is 15.6. The third kappa shape index (κ3) is 8.24. The standard InChI is InChI=1S/C40H44N2O3S/c1-29-25-35(45-24-23-42-21-5-6-22-42)18-17-34(29)27-37-36-7-3-4-8-38(36)46-39(37)26-31-11-9-30(10-12-31)19-20-41-28-32-13-15-33(16-14-32)40(43)44-2/h3-4,7-18,25,41H,5-6,19-24,26-28H2,1-2H3. The lowest BCUT2D eigenvalue weighted by molar-refractivity contribution is 0.0600. The number of ether oxygens (including phenoxy) is 2. The van der Waals surface area contributed by atoms with Gasteiger partial charge in [0.2, 0.25) is 0 Å². The Morgan fingerprint density at radius 1 is 0.870 bits per heavy atom. The van der Waals surface area contributed by atoms with Gasteiger partial charge in [-0.15, -0.1) is 11.3 Å². The molecule has 1 fully saturated rings. The van der Waals surface area contributed by atoms with Crippen molar-refractivity contribution < 1.29 is 14.3 Å². The molecular weight excluding hydrogens is 589 g/mol. The quantitative estimate of drug-likeness (QED) is 0.0994. The highest BCUT2D eigenvalue weighted by molar-refractivity contribution is 7.19. The van der Waals surface area contributed by atoms with Crippen LogP contribution in [0.3, 0.4) is 0 Å². The van der Waals surface area contributed by atoms with E-state index in [4.69, 9.17) is 9.47 Å². The van der Waals surface area contributed by atoms with Crippen LogP contribution in [0.25, 0.3) is 10.1 Å². The second kappa shape index (κ2) is 15.5. The number of carbonyl (C=O) groups excluding carboxylic acids is 1. The summed E-state index contributed by atoms with van der Waals surface area (Å²) < 4.78 is 12.3. The van der Waals surface area contributed by atoms with Crippen molar-refractivity contribution in [1.82, 2.24) is 10.2 Å². The van der Waals surface area contributed by atoms with E-state index in [-0.39, 0.29) is 5.97 Å². The van der Waals surface area contributed by atoms with Gasteiger partial charge in [-0.1, -0.05) is 60.7 Å². The highest BCUT2D eigenvalue weighted by atomic mass is 32.1. The van der Waals surface area contributed by atoms with Gasteiger partial charge in [-0.25, -0.2) is 4.79 Å². The van der Waals surface area contributed by atoms with Gasteiger partial charge in [0, 0.05) is 29.1 Å². The molecule has 6 rings (SSSR count). The minimum atomic E-state index is -0.305. The summed E-state index contributed by atoms with van der Waals surface area (Å²) >= 11 is 1.93. The first-order valence-corrected chi connectivity index (χ1v) is 17.3. The molecule has 0 aliphatic carbocycles. The Labute approximate surface area is 277 Å².